The van der Waals surface area contributed by atoms with Crippen LogP contribution in [0.15, 0.2) is 19.7 Å². The number of hydrogen-bond donors (Lipinski definition) is 1. The maximum absolute atomic E-state index is 10.5. The molecule has 0 spiro atoms. The molecular weight excluding hydrogens is 390 g/mol. The van der Waals surface area contributed by atoms with Gasteiger partial charge in [-0.2, -0.15) is 0 Å². The molecule has 0 bridgehead atoms. The zero-order chi connectivity index (χ0) is 12.4. The Morgan fingerprint density at radius 1 is 1.47 bits per heavy atom. The van der Waals surface area contributed by atoms with Gasteiger partial charge in [-0.25, -0.2) is 4.98 Å². The average Bonchev–Trinajstić information content (AvgIpc) is 2.84. The summed E-state index contributed by atoms with van der Waals surface area (Å²) in [4.78, 5) is 16.0. The van der Waals surface area contributed by atoms with E-state index >= 15 is 0 Å². The molecule has 2 aromatic rings. The summed E-state index contributed by atoms with van der Waals surface area (Å²) in [5, 5.41) is 11.5. The molecule has 7 heteroatoms. The predicted molar refractivity (Wildman–Crippen MR) is 76.8 cm³/mol. The van der Waals surface area contributed by atoms with Crippen molar-refractivity contribution in [1.82, 2.24) is 4.98 Å². The molecule has 0 aromatic carbocycles. The fraction of sp³-hybridized carbons (Fsp3) is 0.200. The molecule has 3 nitrogen and oxygen atoms in total. The van der Waals surface area contributed by atoms with Crippen LogP contribution in [0.25, 0.3) is 9.88 Å². The lowest BCUT2D eigenvalue weighted by molar-refractivity contribution is -0.136. The van der Waals surface area contributed by atoms with Gasteiger partial charge >= 0.3 is 5.97 Å². The van der Waals surface area contributed by atoms with Gasteiger partial charge < -0.3 is 5.11 Å². The van der Waals surface area contributed by atoms with Gasteiger partial charge in [-0.05, 0) is 37.9 Å². The van der Waals surface area contributed by atoms with E-state index in [2.05, 4.69) is 36.8 Å². The summed E-state index contributed by atoms with van der Waals surface area (Å²) in [7, 11) is 0. The third-order valence-corrected chi connectivity index (χ3v) is 6.32. The zero-order valence-corrected chi connectivity index (χ0v) is 13.2. The summed E-state index contributed by atoms with van der Waals surface area (Å²) in [5.41, 5.74) is 0.841. The van der Waals surface area contributed by atoms with Gasteiger partial charge in [0.25, 0.3) is 0 Å². The number of hydrogen-bond acceptors (Lipinski definition) is 4. The largest absolute Gasteiger partial charge is 0.481 e. The molecule has 0 fully saturated rings. The van der Waals surface area contributed by atoms with Crippen molar-refractivity contribution < 1.29 is 9.90 Å². The molecule has 0 saturated carbocycles. The van der Waals surface area contributed by atoms with Gasteiger partial charge in [0.15, 0.2) is 0 Å². The lowest BCUT2D eigenvalue weighted by atomic mass is 10.2. The van der Waals surface area contributed by atoms with E-state index in [1.54, 1.807) is 22.7 Å². The van der Waals surface area contributed by atoms with Crippen molar-refractivity contribution in [2.45, 2.75) is 12.8 Å². The van der Waals surface area contributed by atoms with Crippen LogP contribution in [0, 0.1) is 0 Å². The monoisotopic (exact) mass is 395 g/mol. The van der Waals surface area contributed by atoms with Crippen molar-refractivity contribution in [3.8, 4) is 9.88 Å². The molecule has 0 amide bonds. The minimum atomic E-state index is -0.791. The molecule has 0 aliphatic carbocycles. The molecule has 2 heterocycles. The summed E-state index contributed by atoms with van der Waals surface area (Å²) in [6, 6.07) is 2.01. The van der Waals surface area contributed by atoms with Crippen LogP contribution in [-0.4, -0.2) is 16.1 Å². The number of aryl methyl sites for hydroxylation is 1. The summed E-state index contributed by atoms with van der Waals surface area (Å²) < 4.78 is 2.05. The molecule has 0 unspecified atom stereocenters. The Bertz CT molecular complexity index is 531. The quantitative estimate of drug-likeness (QED) is 0.832. The number of rotatable bonds is 4. The topological polar surface area (TPSA) is 50.2 Å². The second-order valence-electron chi connectivity index (χ2n) is 3.27. The SMILES string of the molecule is O=C(O)CCc1csc(-c2cc(Br)c(Br)s2)n1. The lowest BCUT2D eigenvalue weighted by Crippen LogP contribution is -1.97. The molecular formula is C10H7Br2NO2S2. The van der Waals surface area contributed by atoms with E-state index in [1.807, 2.05) is 11.4 Å². The second kappa shape index (κ2) is 5.60. The Labute approximate surface area is 123 Å². The number of nitrogens with zero attached hydrogens (tertiary/aromatic N) is 1. The Balaban J connectivity index is 2.15. The van der Waals surface area contributed by atoms with Crippen LogP contribution in [0.1, 0.15) is 12.1 Å². The standard InChI is InChI=1S/C10H7Br2NO2S2/c11-6-3-7(17-9(6)12)10-13-5(4-16-10)1-2-8(14)15/h3-4H,1-2H2,(H,14,15). The van der Waals surface area contributed by atoms with Crippen molar-refractivity contribution in [3.63, 3.8) is 0 Å². The maximum atomic E-state index is 10.5. The van der Waals surface area contributed by atoms with Crippen LogP contribution < -0.4 is 0 Å². The Morgan fingerprint density at radius 2 is 2.24 bits per heavy atom. The minimum absolute atomic E-state index is 0.126. The molecule has 2 rings (SSSR count). The van der Waals surface area contributed by atoms with E-state index in [1.165, 1.54) is 0 Å². The highest BCUT2D eigenvalue weighted by atomic mass is 79.9. The highest BCUT2D eigenvalue weighted by molar-refractivity contribution is 9.13. The van der Waals surface area contributed by atoms with Crippen molar-refractivity contribution in [3.05, 3.63) is 25.4 Å². The number of carbonyl (C=O) groups is 1. The van der Waals surface area contributed by atoms with Gasteiger partial charge in [-0.1, -0.05) is 0 Å². The van der Waals surface area contributed by atoms with Gasteiger partial charge in [-0.3, -0.25) is 4.79 Å². The van der Waals surface area contributed by atoms with Crippen molar-refractivity contribution >= 4 is 60.5 Å². The number of aliphatic carboxylic acids is 1. The van der Waals surface area contributed by atoms with E-state index in [0.717, 1.165) is 23.8 Å². The lowest BCUT2D eigenvalue weighted by Gasteiger charge is -1.91. The first-order valence-electron chi connectivity index (χ1n) is 4.67. The number of carboxylic acids is 1. The van der Waals surface area contributed by atoms with Crippen molar-refractivity contribution in [2.24, 2.45) is 0 Å². The molecule has 1 N–H and O–H groups in total. The van der Waals surface area contributed by atoms with Crippen molar-refractivity contribution in [2.75, 3.05) is 0 Å². The average molecular weight is 397 g/mol. The molecule has 17 heavy (non-hydrogen) atoms. The molecule has 0 atom stereocenters. The number of halogens is 2. The molecule has 0 radical (unpaired) electrons. The minimum Gasteiger partial charge on any atom is -0.481 e. The fourth-order valence-electron chi connectivity index (χ4n) is 1.22. The van der Waals surface area contributed by atoms with Gasteiger partial charge in [0.05, 0.1) is 20.8 Å². The Hall–Kier alpha value is -0.240. The van der Waals surface area contributed by atoms with Gasteiger partial charge in [0, 0.05) is 16.3 Å². The van der Waals surface area contributed by atoms with Crippen LogP contribution in [0.5, 0.6) is 0 Å². The molecule has 90 valence electrons. The van der Waals surface area contributed by atoms with E-state index in [-0.39, 0.29) is 6.42 Å². The summed E-state index contributed by atoms with van der Waals surface area (Å²) in [6.07, 6.45) is 0.612. The smallest absolute Gasteiger partial charge is 0.303 e. The zero-order valence-electron chi connectivity index (χ0n) is 8.44. The van der Waals surface area contributed by atoms with Crippen LogP contribution in [-0.2, 0) is 11.2 Å². The normalized spacial score (nSPS) is 10.7. The number of thiazole rings is 1. The third kappa shape index (κ3) is 3.37. The first-order valence-corrected chi connectivity index (χ1v) is 7.96. The van der Waals surface area contributed by atoms with E-state index < -0.39 is 5.97 Å². The number of thiophene rings is 1. The fourth-order valence-corrected chi connectivity index (χ4v) is 4.17. The third-order valence-electron chi connectivity index (χ3n) is 2.00. The van der Waals surface area contributed by atoms with E-state index in [4.69, 9.17) is 5.11 Å². The molecule has 0 aliphatic rings. The van der Waals surface area contributed by atoms with E-state index in [0.29, 0.717) is 6.42 Å². The van der Waals surface area contributed by atoms with Crippen LogP contribution >= 0.6 is 54.5 Å². The van der Waals surface area contributed by atoms with E-state index in [9.17, 15) is 4.79 Å². The highest BCUT2D eigenvalue weighted by Gasteiger charge is 2.11. The van der Waals surface area contributed by atoms with Crippen LogP contribution in [0.2, 0.25) is 0 Å². The van der Waals surface area contributed by atoms with Crippen molar-refractivity contribution in [1.29, 1.82) is 0 Å². The van der Waals surface area contributed by atoms with Crippen LogP contribution in [0.4, 0.5) is 0 Å². The molecule has 0 aliphatic heterocycles. The molecule has 0 saturated heterocycles. The van der Waals surface area contributed by atoms with Gasteiger partial charge in [0.2, 0.25) is 0 Å². The maximum Gasteiger partial charge on any atom is 0.303 e. The predicted octanol–water partition coefficient (Wildman–Crippen LogP) is 4.41. The highest BCUT2D eigenvalue weighted by Crippen LogP contribution is 2.39. The molecule has 2 aromatic heterocycles. The first-order chi connectivity index (χ1) is 8.06. The number of aromatic nitrogens is 1. The summed E-state index contributed by atoms with van der Waals surface area (Å²) >= 11 is 10.0. The Morgan fingerprint density at radius 3 is 2.82 bits per heavy atom. The van der Waals surface area contributed by atoms with Gasteiger partial charge in [0.1, 0.15) is 5.01 Å². The summed E-state index contributed by atoms with van der Waals surface area (Å²) in [5.74, 6) is -0.791. The Kier molecular flexibility index (Phi) is 4.35. The van der Waals surface area contributed by atoms with Crippen LogP contribution in [0.3, 0.4) is 0 Å². The van der Waals surface area contributed by atoms with Gasteiger partial charge in [-0.15, -0.1) is 22.7 Å². The second-order valence-corrected chi connectivity index (χ2v) is 7.35. The first kappa shape index (κ1) is 13.2. The summed E-state index contributed by atoms with van der Waals surface area (Å²) in [6.45, 7) is 0. The number of carboxylic acid groups (broad SMARTS) is 1.